The van der Waals surface area contributed by atoms with Gasteiger partial charge < -0.3 is 25.1 Å². The molecule has 0 bridgehead atoms. The Morgan fingerprint density at radius 3 is 2.52 bits per heavy atom. The van der Waals surface area contributed by atoms with Crippen molar-refractivity contribution in [2.75, 3.05) is 39.1 Å². The predicted molar refractivity (Wildman–Crippen MR) is 179 cm³/mol. The normalized spacial score (nSPS) is 18.6. The van der Waals surface area contributed by atoms with Gasteiger partial charge in [-0.15, -0.1) is 0 Å². The lowest BCUT2D eigenvalue weighted by molar-refractivity contribution is -0.187. The number of hydrazine groups is 1. The third kappa shape index (κ3) is 6.35. The summed E-state index contributed by atoms with van der Waals surface area (Å²) in [4.78, 5) is 52.0. The van der Waals surface area contributed by atoms with Gasteiger partial charge in [-0.05, 0) is 47.5 Å². The summed E-state index contributed by atoms with van der Waals surface area (Å²) in [7, 11) is 5.54. The van der Waals surface area contributed by atoms with Crippen molar-refractivity contribution in [3.05, 3.63) is 100 Å². The monoisotopic (exact) mass is 685 g/mol. The number of likely N-dealkylation sites (N-methyl/N-ethyl adjacent to an activating group) is 1. The summed E-state index contributed by atoms with van der Waals surface area (Å²) in [6, 6.07) is 23.0. The Labute approximate surface area is 276 Å². The van der Waals surface area contributed by atoms with Crippen LogP contribution in [-0.2, 0) is 29.1 Å². The minimum Gasteiger partial charge on any atom is -0.508 e. The van der Waals surface area contributed by atoms with Crippen LogP contribution in [0, 0.1) is 0 Å². The van der Waals surface area contributed by atoms with E-state index in [1.54, 1.807) is 51.1 Å². The molecule has 12 heteroatoms. The van der Waals surface area contributed by atoms with Crippen LogP contribution in [0.2, 0.25) is 0 Å². The summed E-state index contributed by atoms with van der Waals surface area (Å²) >= 11 is 3.48. The third-order valence-electron chi connectivity index (χ3n) is 8.41. The largest absolute Gasteiger partial charge is 0.508 e. The average Bonchev–Trinajstić information content (AvgIpc) is 3.02. The van der Waals surface area contributed by atoms with Crippen molar-refractivity contribution in [1.82, 2.24) is 30.1 Å². The van der Waals surface area contributed by atoms with Gasteiger partial charge in [0, 0.05) is 56.1 Å². The summed E-state index contributed by atoms with van der Waals surface area (Å²) in [5.74, 6) is 0.405. The van der Waals surface area contributed by atoms with Gasteiger partial charge in [-0.2, -0.15) is 0 Å². The molecule has 1 aromatic heterocycles. The van der Waals surface area contributed by atoms with Crippen LogP contribution in [0.15, 0.2) is 83.3 Å². The Hall–Kier alpha value is -4.68. The molecular weight excluding hydrogens is 650 g/mol. The zero-order valence-electron chi connectivity index (χ0n) is 25.9. The van der Waals surface area contributed by atoms with Gasteiger partial charge in [0.05, 0.1) is 18.6 Å². The second kappa shape index (κ2) is 13.0. The fourth-order valence-electron chi connectivity index (χ4n) is 6.27. The third-order valence-corrected chi connectivity index (χ3v) is 8.90. The summed E-state index contributed by atoms with van der Waals surface area (Å²) in [5, 5.41) is 17.0. The molecule has 0 spiro atoms. The van der Waals surface area contributed by atoms with E-state index in [0.717, 1.165) is 37.9 Å². The van der Waals surface area contributed by atoms with E-state index in [0.29, 0.717) is 0 Å². The number of nitrogens with zero attached hydrogens (tertiary/aromatic N) is 6. The number of rotatable bonds is 7. The van der Waals surface area contributed by atoms with Crippen LogP contribution in [0.25, 0.3) is 10.9 Å². The van der Waals surface area contributed by atoms with Crippen molar-refractivity contribution in [3.63, 3.8) is 0 Å². The van der Waals surface area contributed by atoms with Crippen molar-refractivity contribution in [1.29, 1.82) is 0 Å². The molecule has 0 aliphatic carbocycles. The van der Waals surface area contributed by atoms with Gasteiger partial charge in [-0.25, -0.2) is 19.8 Å². The van der Waals surface area contributed by atoms with Crippen molar-refractivity contribution >= 4 is 50.5 Å². The topological polar surface area (TPSA) is 113 Å². The molecule has 6 rings (SSSR count). The smallest absolute Gasteiger partial charge is 0.334 e. The molecule has 3 aromatic carbocycles. The molecule has 2 aliphatic heterocycles. The number of aromatic hydroxyl groups is 1. The molecule has 3 heterocycles. The molecule has 2 fully saturated rings. The maximum absolute atomic E-state index is 14.4. The number of fused-ring (bicyclic) bond motifs is 2. The number of halogens is 1. The summed E-state index contributed by atoms with van der Waals surface area (Å²) in [6.07, 6.45) is -0.518. The van der Waals surface area contributed by atoms with Gasteiger partial charge in [-0.3, -0.25) is 9.59 Å². The molecule has 46 heavy (non-hydrogen) atoms. The quantitative estimate of drug-likeness (QED) is 0.303. The Kier molecular flexibility index (Phi) is 8.83. The number of urea groups is 1. The second-order valence-corrected chi connectivity index (χ2v) is 12.8. The molecular formula is C34H36BrN7O4. The van der Waals surface area contributed by atoms with E-state index in [1.807, 2.05) is 73.6 Å². The summed E-state index contributed by atoms with van der Waals surface area (Å²) in [5.41, 5.74) is 3.41. The van der Waals surface area contributed by atoms with Crippen LogP contribution < -0.4 is 10.2 Å². The Morgan fingerprint density at radius 2 is 1.78 bits per heavy atom. The highest BCUT2D eigenvalue weighted by Gasteiger charge is 2.50. The van der Waals surface area contributed by atoms with Gasteiger partial charge in [0.15, 0.2) is 0 Å². The van der Waals surface area contributed by atoms with Crippen LogP contribution in [0.4, 0.5) is 10.6 Å². The fourth-order valence-corrected chi connectivity index (χ4v) is 6.71. The molecule has 1 unspecified atom stereocenters. The number of phenolic OH excluding ortho intramolecular Hbond substituents is 1. The van der Waals surface area contributed by atoms with Crippen molar-refractivity contribution in [2.45, 2.75) is 31.7 Å². The van der Waals surface area contributed by atoms with E-state index in [-0.39, 0.29) is 56.2 Å². The van der Waals surface area contributed by atoms with Crippen molar-refractivity contribution in [3.8, 4) is 5.75 Å². The number of phenols is 1. The first-order valence-electron chi connectivity index (χ1n) is 15.1. The molecule has 2 atom stereocenters. The molecule has 238 valence electrons. The van der Waals surface area contributed by atoms with Gasteiger partial charge in [0.2, 0.25) is 11.8 Å². The number of hydrogen-bond acceptors (Lipinski definition) is 7. The average molecular weight is 687 g/mol. The first kappa shape index (κ1) is 31.3. The van der Waals surface area contributed by atoms with E-state index in [4.69, 9.17) is 4.98 Å². The highest BCUT2D eigenvalue weighted by Crippen LogP contribution is 2.31. The Balaban J connectivity index is 1.36. The number of pyridine rings is 1. The molecule has 4 aromatic rings. The number of piperazine rings is 1. The number of aromatic nitrogens is 1. The highest BCUT2D eigenvalue weighted by atomic mass is 79.9. The molecule has 2 saturated heterocycles. The SMILES string of the molecule is CN(C)c1nc2ccccc2cc1CN1CC2N(C(=O)CN(C)N2C(=O)NCc2cccc(Br)c2)[C@@H](Cc2ccc(O)cc2)C1=O. The van der Waals surface area contributed by atoms with E-state index in [9.17, 15) is 19.5 Å². The number of para-hydroxylation sites is 1. The van der Waals surface area contributed by atoms with Crippen molar-refractivity contribution in [2.24, 2.45) is 0 Å². The van der Waals surface area contributed by atoms with E-state index in [2.05, 4.69) is 21.2 Å². The van der Waals surface area contributed by atoms with Crippen LogP contribution >= 0.6 is 15.9 Å². The van der Waals surface area contributed by atoms with Gasteiger partial charge in [-0.1, -0.05) is 58.4 Å². The zero-order chi connectivity index (χ0) is 32.5. The Morgan fingerprint density at radius 1 is 1.02 bits per heavy atom. The lowest BCUT2D eigenvalue weighted by Gasteiger charge is -2.54. The molecule has 11 nitrogen and oxygen atoms in total. The van der Waals surface area contributed by atoms with E-state index in [1.165, 1.54) is 0 Å². The highest BCUT2D eigenvalue weighted by molar-refractivity contribution is 9.10. The van der Waals surface area contributed by atoms with Crippen LogP contribution in [0.1, 0.15) is 16.7 Å². The van der Waals surface area contributed by atoms with Crippen LogP contribution in [0.3, 0.4) is 0 Å². The number of anilines is 1. The van der Waals surface area contributed by atoms with E-state index >= 15 is 0 Å². The number of carbonyl (C=O) groups is 3. The molecule has 2 aliphatic rings. The minimum atomic E-state index is -0.860. The molecule has 0 radical (unpaired) electrons. The summed E-state index contributed by atoms with van der Waals surface area (Å²) in [6.45, 7) is 0.592. The summed E-state index contributed by atoms with van der Waals surface area (Å²) < 4.78 is 0.907. The number of nitrogens with one attached hydrogen (secondary N) is 1. The van der Waals surface area contributed by atoms with Crippen LogP contribution in [-0.4, -0.2) is 94.2 Å². The fraction of sp³-hybridized carbons (Fsp3) is 0.294. The van der Waals surface area contributed by atoms with Gasteiger partial charge in [0.1, 0.15) is 23.8 Å². The van der Waals surface area contributed by atoms with Crippen molar-refractivity contribution < 1.29 is 19.5 Å². The standard InChI is InChI=1S/C34H36BrN7O4/c1-38(2)32-25(17-24-8-4-5-10-28(24)37-32)19-40-20-30-41(29(33(40)45)16-22-11-13-27(43)14-12-22)31(44)21-39(3)42(30)34(46)36-18-23-7-6-9-26(35)15-23/h4-15,17,29-30,43H,16,18-21H2,1-3H3,(H,36,46)/t29-,30?/m0/s1. The number of amides is 4. The Bertz CT molecular complexity index is 1780. The number of carbonyl (C=O) groups excluding carboxylic acids is 3. The molecule has 0 saturated carbocycles. The predicted octanol–water partition coefficient (Wildman–Crippen LogP) is 3.95. The number of benzene rings is 3. The maximum atomic E-state index is 14.4. The minimum absolute atomic E-state index is 0.0560. The maximum Gasteiger partial charge on any atom is 0.334 e. The molecule has 4 amide bonds. The van der Waals surface area contributed by atoms with Gasteiger partial charge >= 0.3 is 6.03 Å². The first-order chi connectivity index (χ1) is 22.1. The second-order valence-electron chi connectivity index (χ2n) is 11.9. The van der Waals surface area contributed by atoms with Gasteiger partial charge in [0.25, 0.3) is 0 Å². The molecule has 2 N–H and O–H groups in total. The number of hydrogen-bond donors (Lipinski definition) is 2. The van der Waals surface area contributed by atoms with E-state index < -0.39 is 12.2 Å². The first-order valence-corrected chi connectivity index (χ1v) is 15.8. The lowest BCUT2D eigenvalue weighted by atomic mass is 9.98. The lowest BCUT2D eigenvalue weighted by Crippen LogP contribution is -2.76. The zero-order valence-corrected chi connectivity index (χ0v) is 27.5. The van der Waals surface area contributed by atoms with Crippen LogP contribution in [0.5, 0.6) is 5.75 Å².